The zero-order valence-corrected chi connectivity index (χ0v) is 14.2. The van der Waals surface area contributed by atoms with Gasteiger partial charge >= 0.3 is 5.97 Å². The maximum Gasteiger partial charge on any atom is 0.305 e. The summed E-state index contributed by atoms with van der Waals surface area (Å²) in [6.07, 6.45) is 2.68. The third-order valence-electron chi connectivity index (χ3n) is 3.50. The molecule has 2 rings (SSSR count). The van der Waals surface area contributed by atoms with Crippen LogP contribution in [-0.2, 0) is 14.8 Å². The van der Waals surface area contributed by atoms with Gasteiger partial charge in [-0.05, 0) is 47.3 Å². The molecule has 1 aliphatic rings. The van der Waals surface area contributed by atoms with Crippen LogP contribution in [0.4, 0.5) is 0 Å². The lowest BCUT2D eigenvalue weighted by molar-refractivity contribution is -0.138. The van der Waals surface area contributed by atoms with Gasteiger partial charge in [0.25, 0.3) is 10.0 Å². The topological polar surface area (TPSA) is 83.5 Å². The summed E-state index contributed by atoms with van der Waals surface area (Å²) >= 11 is 4.45. The number of carboxylic acid groups (broad SMARTS) is 1. The summed E-state index contributed by atoms with van der Waals surface area (Å²) in [7, 11) is -3.67. The summed E-state index contributed by atoms with van der Waals surface area (Å²) in [5.41, 5.74) is 0.0174. The van der Waals surface area contributed by atoms with Crippen molar-refractivity contribution in [2.75, 3.05) is 0 Å². The van der Waals surface area contributed by atoms with E-state index in [4.69, 9.17) is 5.11 Å². The van der Waals surface area contributed by atoms with Crippen LogP contribution in [0.1, 0.15) is 37.7 Å². The van der Waals surface area contributed by atoms with E-state index < -0.39 is 21.5 Å². The van der Waals surface area contributed by atoms with Gasteiger partial charge in [0.05, 0.1) is 10.2 Å². The highest BCUT2D eigenvalue weighted by Crippen LogP contribution is 2.36. The predicted octanol–water partition coefficient (Wildman–Crippen LogP) is 2.88. The summed E-state index contributed by atoms with van der Waals surface area (Å²) in [6.45, 7) is 1.82. The Labute approximate surface area is 130 Å². The van der Waals surface area contributed by atoms with Gasteiger partial charge in [-0.3, -0.25) is 4.79 Å². The molecule has 1 aromatic heterocycles. The Morgan fingerprint density at radius 1 is 1.50 bits per heavy atom. The SMILES string of the molecule is Cc1cc(S(=O)(=O)NC2(CC(=O)O)CCCC2)sc1Br. The number of nitrogens with one attached hydrogen (secondary N) is 1. The summed E-state index contributed by atoms with van der Waals surface area (Å²) in [5.74, 6) is -0.974. The molecule has 0 aromatic carbocycles. The first-order valence-corrected chi connectivity index (χ1v) is 9.35. The van der Waals surface area contributed by atoms with E-state index in [1.54, 1.807) is 6.07 Å². The molecule has 0 bridgehead atoms. The van der Waals surface area contributed by atoms with Gasteiger partial charge in [-0.2, -0.15) is 0 Å². The molecule has 0 spiro atoms. The second-order valence-electron chi connectivity index (χ2n) is 5.19. The van der Waals surface area contributed by atoms with Gasteiger partial charge in [-0.15, -0.1) is 11.3 Å². The van der Waals surface area contributed by atoms with E-state index in [-0.39, 0.29) is 10.6 Å². The lowest BCUT2D eigenvalue weighted by atomic mass is 9.95. The van der Waals surface area contributed by atoms with E-state index in [2.05, 4.69) is 20.7 Å². The molecular weight excluding hydrogens is 366 g/mol. The molecule has 0 saturated heterocycles. The first kappa shape index (κ1) is 15.9. The average molecular weight is 382 g/mol. The molecule has 0 amide bonds. The van der Waals surface area contributed by atoms with Crippen molar-refractivity contribution in [3.8, 4) is 0 Å². The summed E-state index contributed by atoms with van der Waals surface area (Å²) in [5, 5.41) is 9.02. The quantitative estimate of drug-likeness (QED) is 0.820. The van der Waals surface area contributed by atoms with Crippen LogP contribution in [0.3, 0.4) is 0 Å². The van der Waals surface area contributed by atoms with Gasteiger partial charge in [0.15, 0.2) is 0 Å². The Morgan fingerprint density at radius 3 is 2.55 bits per heavy atom. The number of aryl methyl sites for hydroxylation is 1. The van der Waals surface area contributed by atoms with Gasteiger partial charge in [0.2, 0.25) is 0 Å². The number of hydrogen-bond donors (Lipinski definition) is 2. The minimum Gasteiger partial charge on any atom is -0.481 e. The number of hydrogen-bond acceptors (Lipinski definition) is 4. The van der Waals surface area contributed by atoms with E-state index >= 15 is 0 Å². The number of halogens is 1. The van der Waals surface area contributed by atoms with Crippen LogP contribution in [-0.4, -0.2) is 25.0 Å². The number of rotatable bonds is 5. The van der Waals surface area contributed by atoms with Crippen molar-refractivity contribution in [2.24, 2.45) is 0 Å². The maximum atomic E-state index is 12.4. The van der Waals surface area contributed by atoms with E-state index in [9.17, 15) is 13.2 Å². The minimum atomic E-state index is -3.67. The Hall–Kier alpha value is -0.440. The monoisotopic (exact) mass is 381 g/mol. The van der Waals surface area contributed by atoms with Crippen LogP contribution in [0.15, 0.2) is 14.1 Å². The van der Waals surface area contributed by atoms with Crippen molar-refractivity contribution in [2.45, 2.75) is 48.8 Å². The number of aliphatic carboxylic acids is 1. The van der Waals surface area contributed by atoms with Crippen molar-refractivity contribution in [1.82, 2.24) is 4.72 Å². The maximum absolute atomic E-state index is 12.4. The van der Waals surface area contributed by atoms with Crippen molar-refractivity contribution < 1.29 is 18.3 Å². The third kappa shape index (κ3) is 3.41. The molecule has 112 valence electrons. The smallest absolute Gasteiger partial charge is 0.305 e. The number of thiophene rings is 1. The van der Waals surface area contributed by atoms with E-state index in [1.165, 1.54) is 0 Å². The Balaban J connectivity index is 2.27. The standard InChI is InChI=1S/C12H16BrNO4S2/c1-8-6-10(19-11(8)13)20(17,18)14-12(7-9(15)16)4-2-3-5-12/h6,14H,2-5,7H2,1H3,(H,15,16). The van der Waals surface area contributed by atoms with Crippen molar-refractivity contribution in [1.29, 1.82) is 0 Å². The molecule has 5 nitrogen and oxygen atoms in total. The fourth-order valence-corrected chi connectivity index (χ4v) is 6.24. The van der Waals surface area contributed by atoms with Gasteiger partial charge in [0, 0.05) is 5.54 Å². The number of sulfonamides is 1. The Kier molecular flexibility index (Phi) is 4.58. The second kappa shape index (κ2) is 5.75. The van der Waals surface area contributed by atoms with Crippen LogP contribution >= 0.6 is 27.3 Å². The first-order chi connectivity index (χ1) is 9.24. The zero-order chi connectivity index (χ0) is 15.0. The molecule has 8 heteroatoms. The van der Waals surface area contributed by atoms with Gasteiger partial charge in [-0.25, -0.2) is 13.1 Å². The molecule has 1 fully saturated rings. The summed E-state index contributed by atoms with van der Waals surface area (Å²) in [6, 6.07) is 1.60. The normalized spacial score (nSPS) is 18.3. The van der Waals surface area contributed by atoms with Crippen LogP contribution in [0, 0.1) is 6.92 Å². The fraction of sp³-hybridized carbons (Fsp3) is 0.583. The number of carbonyl (C=O) groups is 1. The molecule has 0 unspecified atom stereocenters. The molecule has 0 aliphatic heterocycles. The molecule has 1 heterocycles. The van der Waals surface area contributed by atoms with Crippen LogP contribution in [0.25, 0.3) is 0 Å². The minimum absolute atomic E-state index is 0.169. The zero-order valence-electron chi connectivity index (χ0n) is 11.0. The molecule has 1 aliphatic carbocycles. The predicted molar refractivity (Wildman–Crippen MR) is 80.5 cm³/mol. The van der Waals surface area contributed by atoms with Crippen molar-refractivity contribution in [3.05, 3.63) is 15.4 Å². The van der Waals surface area contributed by atoms with E-state index in [0.29, 0.717) is 12.8 Å². The second-order valence-corrected chi connectivity index (χ2v) is 9.46. The van der Waals surface area contributed by atoms with Crippen LogP contribution < -0.4 is 4.72 Å². The van der Waals surface area contributed by atoms with Crippen molar-refractivity contribution in [3.63, 3.8) is 0 Å². The molecular formula is C12H16BrNO4S2. The molecule has 1 aromatic rings. The van der Waals surface area contributed by atoms with Gasteiger partial charge in [0.1, 0.15) is 4.21 Å². The molecule has 1 saturated carbocycles. The summed E-state index contributed by atoms with van der Waals surface area (Å²) in [4.78, 5) is 11.0. The highest BCUT2D eigenvalue weighted by Gasteiger charge is 2.40. The third-order valence-corrected chi connectivity index (χ3v) is 7.69. The average Bonchev–Trinajstić information content (AvgIpc) is 2.86. The lowest BCUT2D eigenvalue weighted by Gasteiger charge is -2.27. The fourth-order valence-electron chi connectivity index (χ4n) is 2.56. The lowest BCUT2D eigenvalue weighted by Crippen LogP contribution is -2.47. The van der Waals surface area contributed by atoms with E-state index in [0.717, 1.165) is 33.5 Å². The summed E-state index contributed by atoms with van der Waals surface area (Å²) < 4.78 is 28.5. The Morgan fingerprint density at radius 2 is 2.10 bits per heavy atom. The first-order valence-electron chi connectivity index (χ1n) is 6.26. The van der Waals surface area contributed by atoms with Crippen molar-refractivity contribution >= 4 is 43.3 Å². The highest BCUT2D eigenvalue weighted by atomic mass is 79.9. The van der Waals surface area contributed by atoms with Crippen LogP contribution in [0.5, 0.6) is 0 Å². The number of carboxylic acids is 1. The molecule has 0 radical (unpaired) electrons. The highest BCUT2D eigenvalue weighted by molar-refractivity contribution is 9.11. The van der Waals surface area contributed by atoms with Gasteiger partial charge in [-0.1, -0.05) is 12.8 Å². The Bertz CT molecular complexity index is 598. The largest absolute Gasteiger partial charge is 0.481 e. The van der Waals surface area contributed by atoms with Gasteiger partial charge < -0.3 is 5.11 Å². The molecule has 2 N–H and O–H groups in total. The molecule has 20 heavy (non-hydrogen) atoms. The van der Waals surface area contributed by atoms with Crippen LogP contribution in [0.2, 0.25) is 0 Å². The molecule has 0 atom stereocenters. The van der Waals surface area contributed by atoms with E-state index in [1.807, 2.05) is 6.92 Å².